The monoisotopic (exact) mass is 264 g/mol. The number of guanidine groups is 1. The first-order valence-corrected chi connectivity index (χ1v) is 5.60. The van der Waals surface area contributed by atoms with Crippen LogP contribution in [0, 0.1) is 0 Å². The van der Waals surface area contributed by atoms with Crippen molar-refractivity contribution in [3.63, 3.8) is 0 Å². The lowest BCUT2D eigenvalue weighted by Crippen LogP contribution is -2.43. The summed E-state index contributed by atoms with van der Waals surface area (Å²) in [4.78, 5) is 26.0. The van der Waals surface area contributed by atoms with Gasteiger partial charge in [-0.3, -0.25) is 4.79 Å². The van der Waals surface area contributed by atoms with Crippen molar-refractivity contribution < 1.29 is 14.7 Å². The number of carbonyl (C=O) groups excluding carboxylic acids is 1. The van der Waals surface area contributed by atoms with Crippen LogP contribution in [0.2, 0.25) is 0 Å². The molecule has 0 aliphatic carbocycles. The van der Waals surface area contributed by atoms with Crippen LogP contribution in [-0.2, 0) is 16.0 Å². The Bertz CT molecular complexity index is 469. The number of aliphatic imine (C=N–C) groups is 1. The molecule has 102 valence electrons. The fourth-order valence-corrected chi connectivity index (χ4v) is 1.45. The second-order valence-electron chi connectivity index (χ2n) is 3.89. The number of nitrogens with zero attached hydrogens (tertiary/aromatic N) is 1. The topological polar surface area (TPSA) is 131 Å². The van der Waals surface area contributed by atoms with Gasteiger partial charge in [0.15, 0.2) is 5.96 Å². The largest absolute Gasteiger partial charge is 0.480 e. The summed E-state index contributed by atoms with van der Waals surface area (Å²) in [6, 6.07) is 8.00. The van der Waals surface area contributed by atoms with E-state index in [0.717, 1.165) is 5.56 Å². The molecule has 7 nitrogen and oxygen atoms in total. The van der Waals surface area contributed by atoms with Gasteiger partial charge in [-0.15, -0.1) is 0 Å². The minimum Gasteiger partial charge on any atom is -0.480 e. The number of rotatable bonds is 6. The molecule has 0 fully saturated rings. The average molecular weight is 264 g/mol. The maximum atomic E-state index is 11.5. The van der Waals surface area contributed by atoms with Crippen LogP contribution in [0.3, 0.4) is 0 Å². The molecule has 6 N–H and O–H groups in total. The minimum absolute atomic E-state index is 0.198. The van der Waals surface area contributed by atoms with Crippen LogP contribution in [0.5, 0.6) is 0 Å². The zero-order chi connectivity index (χ0) is 14.3. The summed E-state index contributed by atoms with van der Waals surface area (Å²) in [7, 11) is 0. The number of benzene rings is 1. The molecule has 7 heteroatoms. The van der Waals surface area contributed by atoms with Crippen LogP contribution in [-0.4, -0.2) is 35.5 Å². The number of nitrogens with two attached hydrogens (primary N) is 2. The first-order valence-electron chi connectivity index (χ1n) is 5.60. The van der Waals surface area contributed by atoms with Crippen molar-refractivity contribution in [2.24, 2.45) is 16.5 Å². The Balaban J connectivity index is 2.61. The van der Waals surface area contributed by atoms with Crippen LogP contribution in [0.1, 0.15) is 5.56 Å². The quantitative estimate of drug-likeness (QED) is 0.389. The van der Waals surface area contributed by atoms with Gasteiger partial charge in [0.05, 0.1) is 0 Å². The molecule has 1 rings (SSSR count). The van der Waals surface area contributed by atoms with Gasteiger partial charge in [-0.25, -0.2) is 9.79 Å². The van der Waals surface area contributed by atoms with Crippen molar-refractivity contribution in [2.75, 3.05) is 6.54 Å². The highest BCUT2D eigenvalue weighted by molar-refractivity contribution is 5.86. The fraction of sp³-hybridized carbons (Fsp3) is 0.250. The third-order valence-electron chi connectivity index (χ3n) is 2.32. The second kappa shape index (κ2) is 7.00. The number of amides is 1. The Hall–Kier alpha value is -2.57. The molecule has 0 aromatic heterocycles. The molecule has 0 saturated heterocycles. The summed E-state index contributed by atoms with van der Waals surface area (Å²) in [5.74, 6) is -1.87. The van der Waals surface area contributed by atoms with Gasteiger partial charge in [0.2, 0.25) is 5.91 Å². The minimum atomic E-state index is -1.11. The molecule has 0 unspecified atom stereocenters. The molecule has 0 aliphatic rings. The van der Waals surface area contributed by atoms with E-state index < -0.39 is 17.9 Å². The van der Waals surface area contributed by atoms with Gasteiger partial charge >= 0.3 is 5.97 Å². The summed E-state index contributed by atoms with van der Waals surface area (Å²) in [6.07, 6.45) is 0.198. The Kier molecular flexibility index (Phi) is 5.34. The van der Waals surface area contributed by atoms with Gasteiger partial charge in [0.25, 0.3) is 0 Å². The van der Waals surface area contributed by atoms with Gasteiger partial charge in [0.1, 0.15) is 12.6 Å². The summed E-state index contributed by atoms with van der Waals surface area (Å²) in [6.45, 7) is -0.291. The lowest BCUT2D eigenvalue weighted by Gasteiger charge is -2.13. The van der Waals surface area contributed by atoms with Crippen molar-refractivity contribution in [1.29, 1.82) is 0 Å². The molecular formula is C12H16N4O3. The van der Waals surface area contributed by atoms with E-state index in [-0.39, 0.29) is 18.9 Å². The number of hydrogen-bond donors (Lipinski definition) is 4. The van der Waals surface area contributed by atoms with E-state index in [2.05, 4.69) is 10.3 Å². The van der Waals surface area contributed by atoms with Crippen molar-refractivity contribution in [2.45, 2.75) is 12.5 Å². The van der Waals surface area contributed by atoms with E-state index in [1.807, 2.05) is 6.07 Å². The first-order chi connectivity index (χ1) is 8.99. The number of hydrogen-bond acceptors (Lipinski definition) is 3. The molecule has 0 spiro atoms. The molecule has 1 aromatic carbocycles. The summed E-state index contributed by atoms with van der Waals surface area (Å²) >= 11 is 0. The number of nitrogens with one attached hydrogen (secondary N) is 1. The number of carboxylic acid groups (broad SMARTS) is 1. The number of carbonyl (C=O) groups is 2. The van der Waals surface area contributed by atoms with Gasteiger partial charge in [0, 0.05) is 6.42 Å². The smallest absolute Gasteiger partial charge is 0.326 e. The molecule has 0 bridgehead atoms. The molecule has 1 amide bonds. The highest BCUT2D eigenvalue weighted by atomic mass is 16.4. The predicted octanol–water partition coefficient (Wildman–Crippen LogP) is -0.928. The van der Waals surface area contributed by atoms with Crippen LogP contribution >= 0.6 is 0 Å². The van der Waals surface area contributed by atoms with E-state index in [1.165, 1.54) is 0 Å². The molecule has 0 aliphatic heterocycles. The summed E-state index contributed by atoms with van der Waals surface area (Å²) in [5, 5.41) is 11.4. The van der Waals surface area contributed by atoms with Gasteiger partial charge in [-0.05, 0) is 5.56 Å². The molecule has 1 atom stereocenters. The van der Waals surface area contributed by atoms with Crippen molar-refractivity contribution in [3.8, 4) is 0 Å². The van der Waals surface area contributed by atoms with E-state index in [0.29, 0.717) is 0 Å². The van der Waals surface area contributed by atoms with Crippen molar-refractivity contribution in [1.82, 2.24) is 5.32 Å². The fourth-order valence-electron chi connectivity index (χ4n) is 1.45. The van der Waals surface area contributed by atoms with Crippen LogP contribution < -0.4 is 16.8 Å². The lowest BCUT2D eigenvalue weighted by atomic mass is 10.1. The van der Waals surface area contributed by atoms with Gasteiger partial charge in [-0.1, -0.05) is 30.3 Å². The molecule has 0 saturated carbocycles. The maximum absolute atomic E-state index is 11.5. The highest BCUT2D eigenvalue weighted by Crippen LogP contribution is 2.03. The zero-order valence-electron chi connectivity index (χ0n) is 10.2. The molecule has 0 radical (unpaired) electrons. The van der Waals surface area contributed by atoms with E-state index >= 15 is 0 Å². The normalized spacial score (nSPS) is 11.4. The lowest BCUT2D eigenvalue weighted by molar-refractivity contribution is -0.141. The first kappa shape index (κ1) is 14.5. The van der Waals surface area contributed by atoms with Crippen LogP contribution in [0.4, 0.5) is 0 Å². The standard InChI is InChI=1S/C12H16N4O3/c13-12(14)15-7-10(17)16-9(11(18)19)6-8-4-2-1-3-5-8/h1-5,9H,6-7H2,(H,16,17)(H,18,19)(H4,13,14,15)/t9-/m0/s1. The van der Waals surface area contributed by atoms with Crippen molar-refractivity contribution in [3.05, 3.63) is 35.9 Å². The van der Waals surface area contributed by atoms with E-state index in [4.69, 9.17) is 16.6 Å². The average Bonchev–Trinajstić information content (AvgIpc) is 2.36. The number of carboxylic acids is 1. The van der Waals surface area contributed by atoms with Gasteiger partial charge < -0.3 is 21.9 Å². The Morgan fingerprint density at radius 3 is 2.42 bits per heavy atom. The SMILES string of the molecule is NC(N)=NCC(=O)N[C@@H](Cc1ccccc1)C(=O)O. The third kappa shape index (κ3) is 5.53. The summed E-state index contributed by atoms with van der Waals surface area (Å²) in [5.41, 5.74) is 11.0. The zero-order valence-corrected chi connectivity index (χ0v) is 10.2. The summed E-state index contributed by atoms with van der Waals surface area (Å²) < 4.78 is 0. The Morgan fingerprint density at radius 2 is 1.89 bits per heavy atom. The highest BCUT2D eigenvalue weighted by Gasteiger charge is 2.19. The van der Waals surface area contributed by atoms with Gasteiger partial charge in [-0.2, -0.15) is 0 Å². The van der Waals surface area contributed by atoms with Crippen LogP contribution in [0.25, 0.3) is 0 Å². The molecule has 19 heavy (non-hydrogen) atoms. The third-order valence-corrected chi connectivity index (χ3v) is 2.32. The maximum Gasteiger partial charge on any atom is 0.326 e. The molecule has 1 aromatic rings. The molecule has 0 heterocycles. The Morgan fingerprint density at radius 1 is 1.26 bits per heavy atom. The second-order valence-corrected chi connectivity index (χ2v) is 3.89. The number of aliphatic carboxylic acids is 1. The predicted molar refractivity (Wildman–Crippen MR) is 70.4 cm³/mol. The van der Waals surface area contributed by atoms with Crippen LogP contribution in [0.15, 0.2) is 35.3 Å². The van der Waals surface area contributed by atoms with E-state index in [1.54, 1.807) is 24.3 Å². The van der Waals surface area contributed by atoms with Crippen molar-refractivity contribution >= 4 is 17.8 Å². The molecular weight excluding hydrogens is 248 g/mol. The van der Waals surface area contributed by atoms with E-state index in [9.17, 15) is 9.59 Å². The Labute approximate surface area is 110 Å².